The summed E-state index contributed by atoms with van der Waals surface area (Å²) in [5, 5.41) is 3.93. The smallest absolute Gasteiger partial charge is 0.389 e. The first kappa shape index (κ1) is 16.9. The number of carbonyl (C=O) groups is 1. The van der Waals surface area contributed by atoms with Gasteiger partial charge in [-0.1, -0.05) is 12.1 Å². The Morgan fingerprint density at radius 1 is 1.41 bits per heavy atom. The molecule has 22 heavy (non-hydrogen) atoms. The van der Waals surface area contributed by atoms with Crippen LogP contribution in [0.3, 0.4) is 0 Å². The fourth-order valence-electron chi connectivity index (χ4n) is 2.62. The lowest BCUT2D eigenvalue weighted by molar-refractivity contribution is -0.152. The molecular formula is C14H21F3N2O3. The molecule has 2 aliphatic rings. The standard InChI is InChI=1S/C14H21F3N2O3/c1-2-9-21-11-10-13(22-18-11)5-7-19(8-6-13)12(20)3-4-14(15,16)17/h2-10H2,1H3. The predicted molar refractivity (Wildman–Crippen MR) is 73.2 cm³/mol. The Balaban J connectivity index is 1.75. The molecule has 0 bridgehead atoms. The maximum Gasteiger partial charge on any atom is 0.389 e. The van der Waals surface area contributed by atoms with E-state index < -0.39 is 30.5 Å². The van der Waals surface area contributed by atoms with E-state index in [1.165, 1.54) is 4.90 Å². The van der Waals surface area contributed by atoms with Gasteiger partial charge in [0, 0.05) is 32.4 Å². The van der Waals surface area contributed by atoms with Crippen LogP contribution in [0.5, 0.6) is 0 Å². The molecular weight excluding hydrogens is 301 g/mol. The van der Waals surface area contributed by atoms with Crippen LogP contribution in [0.4, 0.5) is 13.2 Å². The van der Waals surface area contributed by atoms with Gasteiger partial charge in [0.05, 0.1) is 19.4 Å². The molecule has 0 unspecified atom stereocenters. The van der Waals surface area contributed by atoms with Gasteiger partial charge in [-0.25, -0.2) is 0 Å². The third-order valence-electron chi connectivity index (χ3n) is 3.94. The fourth-order valence-corrected chi connectivity index (χ4v) is 2.62. The highest BCUT2D eigenvalue weighted by molar-refractivity contribution is 5.78. The highest BCUT2D eigenvalue weighted by Gasteiger charge is 2.43. The van der Waals surface area contributed by atoms with Crippen LogP contribution in [0.1, 0.15) is 45.4 Å². The molecule has 0 aromatic heterocycles. The molecule has 0 radical (unpaired) electrons. The Hall–Kier alpha value is -1.47. The van der Waals surface area contributed by atoms with E-state index in [0.29, 0.717) is 44.9 Å². The Kier molecular flexibility index (Phi) is 5.18. The van der Waals surface area contributed by atoms with Gasteiger partial charge in [0.25, 0.3) is 0 Å². The molecule has 0 aromatic rings. The van der Waals surface area contributed by atoms with Gasteiger partial charge in [0.15, 0.2) is 0 Å². The highest BCUT2D eigenvalue weighted by Crippen LogP contribution is 2.35. The lowest BCUT2D eigenvalue weighted by Crippen LogP contribution is -2.47. The van der Waals surface area contributed by atoms with Gasteiger partial charge < -0.3 is 14.5 Å². The van der Waals surface area contributed by atoms with Crippen LogP contribution >= 0.6 is 0 Å². The van der Waals surface area contributed by atoms with E-state index in [9.17, 15) is 18.0 Å². The second-order valence-corrected chi connectivity index (χ2v) is 5.78. The molecule has 1 spiro atoms. The summed E-state index contributed by atoms with van der Waals surface area (Å²) in [7, 11) is 0. The molecule has 1 amide bonds. The summed E-state index contributed by atoms with van der Waals surface area (Å²) in [5.74, 6) is 0.118. The number of amides is 1. The van der Waals surface area contributed by atoms with Crippen molar-refractivity contribution in [2.45, 2.75) is 57.2 Å². The molecule has 2 heterocycles. The lowest BCUT2D eigenvalue weighted by Gasteiger charge is -2.37. The van der Waals surface area contributed by atoms with Gasteiger partial charge in [-0.15, -0.1) is 0 Å². The number of rotatable bonds is 4. The van der Waals surface area contributed by atoms with Crippen molar-refractivity contribution < 1.29 is 27.5 Å². The number of oxime groups is 1. The Morgan fingerprint density at radius 2 is 2.09 bits per heavy atom. The van der Waals surface area contributed by atoms with Crippen molar-refractivity contribution in [3.05, 3.63) is 0 Å². The maximum absolute atomic E-state index is 12.1. The lowest BCUT2D eigenvalue weighted by atomic mass is 9.88. The molecule has 2 aliphatic heterocycles. The van der Waals surface area contributed by atoms with Crippen LogP contribution in [0.25, 0.3) is 0 Å². The fraction of sp³-hybridized carbons (Fsp3) is 0.857. The molecule has 0 N–H and O–H groups in total. The SMILES string of the molecule is CCCOC1=NOC2(CCN(C(=O)CCC(F)(F)F)CC2)C1. The monoisotopic (exact) mass is 322 g/mol. The van der Waals surface area contributed by atoms with Gasteiger partial charge in [0.2, 0.25) is 11.8 Å². The number of hydrogen-bond acceptors (Lipinski definition) is 4. The third-order valence-corrected chi connectivity index (χ3v) is 3.94. The van der Waals surface area contributed by atoms with Gasteiger partial charge in [-0.05, 0) is 6.42 Å². The van der Waals surface area contributed by atoms with E-state index in [1.807, 2.05) is 6.92 Å². The van der Waals surface area contributed by atoms with E-state index in [2.05, 4.69) is 5.16 Å². The molecule has 1 saturated heterocycles. The van der Waals surface area contributed by atoms with Crippen LogP contribution in [-0.2, 0) is 14.4 Å². The Morgan fingerprint density at radius 3 is 2.68 bits per heavy atom. The number of carbonyl (C=O) groups excluding carboxylic acids is 1. The topological polar surface area (TPSA) is 51.1 Å². The zero-order valence-corrected chi connectivity index (χ0v) is 12.6. The highest BCUT2D eigenvalue weighted by atomic mass is 19.4. The number of likely N-dealkylation sites (tertiary alicyclic amines) is 1. The first-order valence-electron chi connectivity index (χ1n) is 7.56. The molecule has 0 aliphatic carbocycles. The minimum Gasteiger partial charge on any atom is -0.479 e. The molecule has 5 nitrogen and oxygen atoms in total. The second kappa shape index (κ2) is 6.75. The average Bonchev–Trinajstić information content (AvgIpc) is 2.86. The number of nitrogens with zero attached hydrogens (tertiary/aromatic N) is 2. The van der Waals surface area contributed by atoms with E-state index in [-0.39, 0.29) is 0 Å². The summed E-state index contributed by atoms with van der Waals surface area (Å²) in [6.07, 6.45) is -3.27. The van der Waals surface area contributed by atoms with Gasteiger partial charge in [0.1, 0.15) is 5.60 Å². The quantitative estimate of drug-likeness (QED) is 0.800. The van der Waals surface area contributed by atoms with E-state index in [1.54, 1.807) is 0 Å². The van der Waals surface area contributed by atoms with Crippen molar-refractivity contribution in [3.63, 3.8) is 0 Å². The first-order chi connectivity index (χ1) is 10.3. The minimum atomic E-state index is -4.29. The van der Waals surface area contributed by atoms with Crippen molar-refractivity contribution in [3.8, 4) is 0 Å². The summed E-state index contributed by atoms with van der Waals surface area (Å²) in [5.41, 5.74) is -0.454. The molecule has 1 fully saturated rings. The van der Waals surface area contributed by atoms with Gasteiger partial charge in [-0.3, -0.25) is 4.79 Å². The van der Waals surface area contributed by atoms with Crippen LogP contribution in [0, 0.1) is 0 Å². The number of hydrogen-bond donors (Lipinski definition) is 0. The molecule has 2 rings (SSSR count). The Bertz CT molecular complexity index is 430. The summed E-state index contributed by atoms with van der Waals surface area (Å²) in [6.45, 7) is 3.37. The number of halogens is 3. The normalized spacial score (nSPS) is 20.7. The minimum absolute atomic E-state index is 0.396. The van der Waals surface area contributed by atoms with Crippen molar-refractivity contribution in [2.24, 2.45) is 5.16 Å². The molecule has 8 heteroatoms. The second-order valence-electron chi connectivity index (χ2n) is 5.78. The Labute approximate surface area is 127 Å². The van der Waals surface area contributed by atoms with Crippen LogP contribution in [0.2, 0.25) is 0 Å². The molecule has 126 valence electrons. The maximum atomic E-state index is 12.1. The molecule has 0 saturated carbocycles. The van der Waals surface area contributed by atoms with E-state index in [4.69, 9.17) is 9.57 Å². The van der Waals surface area contributed by atoms with Crippen molar-refractivity contribution in [2.75, 3.05) is 19.7 Å². The largest absolute Gasteiger partial charge is 0.479 e. The van der Waals surface area contributed by atoms with E-state index in [0.717, 1.165) is 6.42 Å². The summed E-state index contributed by atoms with van der Waals surface area (Å²) >= 11 is 0. The summed E-state index contributed by atoms with van der Waals surface area (Å²) in [4.78, 5) is 18.7. The zero-order valence-electron chi connectivity index (χ0n) is 12.6. The third kappa shape index (κ3) is 4.51. The van der Waals surface area contributed by atoms with Crippen LogP contribution in [0.15, 0.2) is 5.16 Å². The van der Waals surface area contributed by atoms with Gasteiger partial charge >= 0.3 is 6.18 Å². The predicted octanol–water partition coefficient (Wildman–Crippen LogP) is 2.85. The van der Waals surface area contributed by atoms with Crippen LogP contribution < -0.4 is 0 Å². The number of ether oxygens (including phenoxy) is 1. The van der Waals surface area contributed by atoms with Crippen molar-refractivity contribution >= 4 is 11.8 Å². The van der Waals surface area contributed by atoms with Crippen molar-refractivity contribution in [1.82, 2.24) is 4.90 Å². The molecule has 0 aromatic carbocycles. The number of alkyl halides is 3. The van der Waals surface area contributed by atoms with Crippen molar-refractivity contribution in [1.29, 1.82) is 0 Å². The van der Waals surface area contributed by atoms with Crippen LogP contribution in [-0.4, -0.2) is 48.2 Å². The first-order valence-corrected chi connectivity index (χ1v) is 7.56. The number of piperidine rings is 1. The van der Waals surface area contributed by atoms with E-state index >= 15 is 0 Å². The molecule has 0 atom stereocenters. The zero-order chi connectivity index (χ0) is 16.2. The average molecular weight is 322 g/mol. The summed E-state index contributed by atoms with van der Waals surface area (Å²) < 4.78 is 41.9. The summed E-state index contributed by atoms with van der Waals surface area (Å²) in [6, 6.07) is 0. The van der Waals surface area contributed by atoms with Gasteiger partial charge in [-0.2, -0.15) is 13.2 Å².